The number of urea groups is 1. The van der Waals surface area contributed by atoms with Crippen LogP contribution in [0.2, 0.25) is 0 Å². The Morgan fingerprint density at radius 1 is 1.00 bits per heavy atom. The van der Waals surface area contributed by atoms with E-state index in [4.69, 9.17) is 0 Å². The molecular formula is C21H24F2N4O3. The molecule has 30 heavy (non-hydrogen) atoms. The van der Waals surface area contributed by atoms with E-state index in [2.05, 4.69) is 21.3 Å². The van der Waals surface area contributed by atoms with Crippen LogP contribution in [0.15, 0.2) is 42.5 Å². The molecular weight excluding hydrogens is 394 g/mol. The van der Waals surface area contributed by atoms with Gasteiger partial charge in [0.15, 0.2) is 0 Å². The van der Waals surface area contributed by atoms with E-state index >= 15 is 0 Å². The summed E-state index contributed by atoms with van der Waals surface area (Å²) in [4.78, 5) is 35.9. The second-order valence-corrected chi connectivity index (χ2v) is 6.66. The van der Waals surface area contributed by atoms with Gasteiger partial charge in [0.1, 0.15) is 17.7 Å². The van der Waals surface area contributed by atoms with Crippen molar-refractivity contribution in [2.24, 2.45) is 0 Å². The molecule has 0 fully saturated rings. The Morgan fingerprint density at radius 3 is 2.33 bits per heavy atom. The smallest absolute Gasteiger partial charge is 0.315 e. The fourth-order valence-electron chi connectivity index (χ4n) is 2.67. The first-order chi connectivity index (χ1) is 14.3. The first-order valence-corrected chi connectivity index (χ1v) is 9.45. The molecule has 0 bridgehead atoms. The van der Waals surface area contributed by atoms with E-state index in [0.717, 1.165) is 6.07 Å². The lowest BCUT2D eigenvalue weighted by Gasteiger charge is -2.19. The van der Waals surface area contributed by atoms with Crippen LogP contribution in [0.1, 0.15) is 32.3 Å². The third-order valence-electron chi connectivity index (χ3n) is 4.11. The van der Waals surface area contributed by atoms with Gasteiger partial charge in [-0.3, -0.25) is 9.59 Å². The summed E-state index contributed by atoms with van der Waals surface area (Å²) in [6, 6.07) is 7.96. The van der Waals surface area contributed by atoms with Gasteiger partial charge in [-0.05, 0) is 42.3 Å². The summed E-state index contributed by atoms with van der Waals surface area (Å²) in [6.07, 6.45) is 0.938. The van der Waals surface area contributed by atoms with Crippen LogP contribution in [-0.4, -0.2) is 23.9 Å². The van der Waals surface area contributed by atoms with Crippen LogP contribution >= 0.6 is 0 Å². The van der Waals surface area contributed by atoms with Crippen molar-refractivity contribution in [3.8, 4) is 0 Å². The third kappa shape index (κ3) is 7.16. The molecule has 0 aliphatic rings. The summed E-state index contributed by atoms with van der Waals surface area (Å²) in [7, 11) is 0. The molecule has 4 N–H and O–H groups in total. The molecule has 0 spiro atoms. The Kier molecular flexibility index (Phi) is 8.28. The molecule has 0 heterocycles. The summed E-state index contributed by atoms with van der Waals surface area (Å²) in [5, 5.41) is 10.1. The van der Waals surface area contributed by atoms with Gasteiger partial charge in [-0.25, -0.2) is 13.6 Å². The molecule has 4 amide bonds. The minimum absolute atomic E-state index is 0.110. The second-order valence-electron chi connectivity index (χ2n) is 6.66. The molecule has 0 saturated carbocycles. The van der Waals surface area contributed by atoms with Gasteiger partial charge in [0, 0.05) is 19.2 Å². The van der Waals surface area contributed by atoms with Gasteiger partial charge in [0.25, 0.3) is 0 Å². The zero-order chi connectivity index (χ0) is 22.1. The summed E-state index contributed by atoms with van der Waals surface area (Å²) in [5.41, 5.74) is 0.914. The number of carbonyl (C=O) groups excluding carboxylic acids is 3. The van der Waals surface area contributed by atoms with Gasteiger partial charge in [-0.1, -0.05) is 25.5 Å². The molecule has 2 aromatic rings. The van der Waals surface area contributed by atoms with Crippen molar-refractivity contribution in [3.05, 3.63) is 59.7 Å². The minimum atomic E-state index is -0.896. The highest BCUT2D eigenvalue weighted by Crippen LogP contribution is 2.20. The molecule has 0 saturated heterocycles. The standard InChI is InChI=1S/C21H24F2N4O3/c1-3-4-18(27-21(30)24-12-14-5-7-15(22)8-6-14)20(29)26-19-11-16(25-13(2)28)9-10-17(19)23/h5-11,18H,3-4,12H2,1-2H3,(H,25,28)(H,26,29)(H2,24,27,30). The van der Waals surface area contributed by atoms with Crippen molar-refractivity contribution in [2.45, 2.75) is 39.3 Å². The highest BCUT2D eigenvalue weighted by molar-refractivity contribution is 5.98. The average Bonchev–Trinajstić information content (AvgIpc) is 2.69. The molecule has 0 aromatic heterocycles. The van der Waals surface area contributed by atoms with Crippen LogP contribution < -0.4 is 21.3 Å². The Bertz CT molecular complexity index is 904. The molecule has 0 aliphatic heterocycles. The summed E-state index contributed by atoms with van der Waals surface area (Å²) in [5.74, 6) is -1.97. The summed E-state index contributed by atoms with van der Waals surface area (Å²) in [6.45, 7) is 3.31. The van der Waals surface area contributed by atoms with Crippen molar-refractivity contribution >= 4 is 29.2 Å². The van der Waals surface area contributed by atoms with Crippen molar-refractivity contribution in [1.82, 2.24) is 10.6 Å². The van der Waals surface area contributed by atoms with Crippen molar-refractivity contribution < 1.29 is 23.2 Å². The lowest BCUT2D eigenvalue weighted by molar-refractivity contribution is -0.118. The predicted molar refractivity (Wildman–Crippen MR) is 110 cm³/mol. The average molecular weight is 418 g/mol. The number of anilines is 2. The lowest BCUT2D eigenvalue weighted by atomic mass is 10.1. The Morgan fingerprint density at radius 2 is 1.70 bits per heavy atom. The van der Waals surface area contributed by atoms with Gasteiger partial charge in [0.05, 0.1) is 5.69 Å². The molecule has 7 nitrogen and oxygen atoms in total. The zero-order valence-electron chi connectivity index (χ0n) is 16.7. The van der Waals surface area contributed by atoms with Crippen molar-refractivity contribution in [1.29, 1.82) is 0 Å². The number of nitrogens with one attached hydrogen (secondary N) is 4. The topological polar surface area (TPSA) is 99.3 Å². The van der Waals surface area contributed by atoms with Crippen LogP contribution in [0, 0.1) is 11.6 Å². The van der Waals surface area contributed by atoms with E-state index in [1.165, 1.54) is 43.3 Å². The monoisotopic (exact) mass is 418 g/mol. The molecule has 0 radical (unpaired) electrons. The molecule has 0 aliphatic carbocycles. The second kappa shape index (κ2) is 10.9. The van der Waals surface area contributed by atoms with E-state index in [1.54, 1.807) is 0 Å². The predicted octanol–water partition coefficient (Wildman–Crippen LogP) is 3.53. The molecule has 9 heteroatoms. The van der Waals surface area contributed by atoms with E-state index in [0.29, 0.717) is 24.1 Å². The van der Waals surface area contributed by atoms with E-state index in [1.807, 2.05) is 6.92 Å². The Hall–Kier alpha value is -3.49. The minimum Gasteiger partial charge on any atom is -0.334 e. The molecule has 1 atom stereocenters. The molecule has 1 unspecified atom stereocenters. The fourth-order valence-corrected chi connectivity index (χ4v) is 2.67. The highest BCUT2D eigenvalue weighted by Gasteiger charge is 2.21. The van der Waals surface area contributed by atoms with Gasteiger partial charge >= 0.3 is 6.03 Å². The van der Waals surface area contributed by atoms with E-state index in [9.17, 15) is 23.2 Å². The van der Waals surface area contributed by atoms with E-state index in [-0.39, 0.29) is 24.0 Å². The van der Waals surface area contributed by atoms with Gasteiger partial charge in [0.2, 0.25) is 11.8 Å². The van der Waals surface area contributed by atoms with Gasteiger partial charge in [-0.2, -0.15) is 0 Å². The number of amides is 4. The first kappa shape index (κ1) is 22.8. The number of carbonyl (C=O) groups is 3. The molecule has 160 valence electrons. The quantitative estimate of drug-likeness (QED) is 0.528. The maximum Gasteiger partial charge on any atom is 0.315 e. The van der Waals surface area contributed by atoms with Crippen molar-refractivity contribution in [3.63, 3.8) is 0 Å². The number of hydrogen-bond donors (Lipinski definition) is 4. The summed E-state index contributed by atoms with van der Waals surface area (Å²) < 4.78 is 27.0. The first-order valence-electron chi connectivity index (χ1n) is 9.45. The fraction of sp³-hybridized carbons (Fsp3) is 0.286. The SMILES string of the molecule is CCCC(NC(=O)NCc1ccc(F)cc1)C(=O)Nc1cc(NC(C)=O)ccc1F. The zero-order valence-corrected chi connectivity index (χ0v) is 16.7. The third-order valence-corrected chi connectivity index (χ3v) is 4.11. The normalized spacial score (nSPS) is 11.3. The Balaban J connectivity index is 1.99. The maximum absolute atomic E-state index is 14.1. The van der Waals surface area contributed by atoms with Gasteiger partial charge < -0.3 is 21.3 Å². The van der Waals surface area contributed by atoms with Crippen LogP contribution in [0.4, 0.5) is 25.0 Å². The number of halogens is 2. The highest BCUT2D eigenvalue weighted by atomic mass is 19.1. The number of hydrogen-bond acceptors (Lipinski definition) is 3. The molecule has 2 aromatic carbocycles. The van der Waals surface area contributed by atoms with Gasteiger partial charge in [-0.15, -0.1) is 0 Å². The Labute approximate surface area is 173 Å². The lowest BCUT2D eigenvalue weighted by Crippen LogP contribution is -2.47. The number of rotatable bonds is 8. The largest absolute Gasteiger partial charge is 0.334 e. The van der Waals surface area contributed by atoms with Crippen molar-refractivity contribution in [2.75, 3.05) is 10.6 Å². The van der Waals surface area contributed by atoms with E-state index < -0.39 is 23.8 Å². The van der Waals surface area contributed by atoms with Crippen LogP contribution in [0.5, 0.6) is 0 Å². The number of benzene rings is 2. The van der Waals surface area contributed by atoms with Crippen LogP contribution in [0.3, 0.4) is 0 Å². The van der Waals surface area contributed by atoms with Crippen LogP contribution in [-0.2, 0) is 16.1 Å². The summed E-state index contributed by atoms with van der Waals surface area (Å²) >= 11 is 0. The molecule has 2 rings (SSSR count). The maximum atomic E-state index is 14.1. The van der Waals surface area contributed by atoms with Crippen LogP contribution in [0.25, 0.3) is 0 Å².